The van der Waals surface area contributed by atoms with Crippen molar-refractivity contribution in [1.82, 2.24) is 0 Å². The maximum absolute atomic E-state index is 12.4. The standard InChI is InChI=1S/C13H15BrN2O/c14-9-4-3-5-10-11(9)16-12(17)13(8-15-10)6-1-2-7-13/h3-5,15H,1-2,6-8H2,(H,16,17). The number of fused-ring (bicyclic) bond motifs is 1. The van der Waals surface area contributed by atoms with Crippen LogP contribution < -0.4 is 10.6 Å². The lowest BCUT2D eigenvalue weighted by molar-refractivity contribution is -0.124. The Balaban J connectivity index is 1.99. The molecule has 3 nitrogen and oxygen atoms in total. The molecule has 0 radical (unpaired) electrons. The second-order valence-electron chi connectivity index (χ2n) is 4.96. The maximum Gasteiger partial charge on any atom is 0.232 e. The van der Waals surface area contributed by atoms with E-state index in [-0.39, 0.29) is 11.3 Å². The van der Waals surface area contributed by atoms with Gasteiger partial charge in [0.25, 0.3) is 0 Å². The van der Waals surface area contributed by atoms with Crippen LogP contribution in [0, 0.1) is 5.41 Å². The van der Waals surface area contributed by atoms with Crippen molar-refractivity contribution in [2.75, 3.05) is 17.2 Å². The SMILES string of the molecule is O=C1Nc2c(Br)cccc2NCC12CCCC2. The van der Waals surface area contributed by atoms with E-state index in [2.05, 4.69) is 26.6 Å². The van der Waals surface area contributed by atoms with Crippen molar-refractivity contribution in [3.8, 4) is 0 Å². The topological polar surface area (TPSA) is 41.1 Å². The minimum absolute atomic E-state index is 0.174. The Morgan fingerprint density at radius 1 is 1.24 bits per heavy atom. The minimum atomic E-state index is -0.196. The number of hydrogen-bond acceptors (Lipinski definition) is 2. The van der Waals surface area contributed by atoms with Crippen LogP contribution in [-0.4, -0.2) is 12.5 Å². The van der Waals surface area contributed by atoms with E-state index in [1.54, 1.807) is 0 Å². The Kier molecular flexibility index (Phi) is 2.62. The summed E-state index contributed by atoms with van der Waals surface area (Å²) in [4.78, 5) is 12.4. The fraction of sp³-hybridized carbons (Fsp3) is 0.462. The Morgan fingerprint density at radius 3 is 2.76 bits per heavy atom. The number of hydrogen-bond donors (Lipinski definition) is 2. The van der Waals surface area contributed by atoms with Gasteiger partial charge in [0.15, 0.2) is 0 Å². The van der Waals surface area contributed by atoms with Gasteiger partial charge in [-0.1, -0.05) is 18.9 Å². The summed E-state index contributed by atoms with van der Waals surface area (Å²) in [5.74, 6) is 0.174. The molecule has 1 amide bonds. The molecule has 1 spiro atoms. The number of nitrogens with one attached hydrogen (secondary N) is 2. The Morgan fingerprint density at radius 2 is 2.00 bits per heavy atom. The van der Waals surface area contributed by atoms with Crippen molar-refractivity contribution in [2.45, 2.75) is 25.7 Å². The van der Waals surface area contributed by atoms with Gasteiger partial charge in [-0.05, 0) is 40.9 Å². The lowest BCUT2D eigenvalue weighted by Gasteiger charge is -2.24. The van der Waals surface area contributed by atoms with Crippen molar-refractivity contribution in [3.63, 3.8) is 0 Å². The van der Waals surface area contributed by atoms with Gasteiger partial charge in [0, 0.05) is 11.0 Å². The molecule has 17 heavy (non-hydrogen) atoms. The largest absolute Gasteiger partial charge is 0.382 e. The van der Waals surface area contributed by atoms with Gasteiger partial charge in [-0.15, -0.1) is 0 Å². The molecule has 3 rings (SSSR count). The van der Waals surface area contributed by atoms with Gasteiger partial charge >= 0.3 is 0 Å². The van der Waals surface area contributed by atoms with Gasteiger partial charge in [0.05, 0.1) is 16.8 Å². The third-order valence-electron chi connectivity index (χ3n) is 3.91. The highest BCUT2D eigenvalue weighted by atomic mass is 79.9. The first-order valence-corrected chi connectivity index (χ1v) is 6.84. The first-order chi connectivity index (χ1) is 8.21. The Bertz CT molecular complexity index is 466. The molecule has 90 valence electrons. The smallest absolute Gasteiger partial charge is 0.232 e. The van der Waals surface area contributed by atoms with E-state index < -0.39 is 0 Å². The lowest BCUT2D eigenvalue weighted by Crippen LogP contribution is -2.37. The van der Waals surface area contributed by atoms with Gasteiger partial charge in [-0.3, -0.25) is 4.79 Å². The van der Waals surface area contributed by atoms with Crippen LogP contribution in [0.3, 0.4) is 0 Å². The molecule has 1 aromatic carbocycles. The number of amides is 1. The zero-order valence-electron chi connectivity index (χ0n) is 9.55. The average Bonchev–Trinajstić information content (AvgIpc) is 2.74. The number of rotatable bonds is 0. The van der Waals surface area contributed by atoms with Crippen molar-refractivity contribution in [1.29, 1.82) is 0 Å². The molecular formula is C13H15BrN2O. The zero-order chi connectivity index (χ0) is 11.9. The second-order valence-corrected chi connectivity index (χ2v) is 5.81. The lowest BCUT2D eigenvalue weighted by atomic mass is 9.85. The third-order valence-corrected chi connectivity index (χ3v) is 4.57. The Labute approximate surface area is 109 Å². The van der Waals surface area contributed by atoms with E-state index in [9.17, 15) is 4.79 Å². The van der Waals surface area contributed by atoms with Gasteiger partial charge in [0.1, 0.15) is 0 Å². The van der Waals surface area contributed by atoms with Crippen LogP contribution in [0.5, 0.6) is 0 Å². The van der Waals surface area contributed by atoms with E-state index in [1.807, 2.05) is 18.2 Å². The molecule has 1 heterocycles. The summed E-state index contributed by atoms with van der Waals surface area (Å²) in [5, 5.41) is 6.49. The molecule has 0 saturated heterocycles. The predicted molar refractivity (Wildman–Crippen MR) is 72.2 cm³/mol. The van der Waals surface area contributed by atoms with Crippen LogP contribution in [0.1, 0.15) is 25.7 Å². The van der Waals surface area contributed by atoms with Crippen molar-refractivity contribution < 1.29 is 4.79 Å². The van der Waals surface area contributed by atoms with Crippen LogP contribution in [-0.2, 0) is 4.79 Å². The minimum Gasteiger partial charge on any atom is -0.382 e. The van der Waals surface area contributed by atoms with Gasteiger partial charge in [0.2, 0.25) is 5.91 Å². The molecule has 1 aromatic rings. The first kappa shape index (κ1) is 11.1. The van der Waals surface area contributed by atoms with Crippen molar-refractivity contribution in [3.05, 3.63) is 22.7 Å². The van der Waals surface area contributed by atoms with E-state index in [1.165, 1.54) is 0 Å². The van der Waals surface area contributed by atoms with E-state index in [0.717, 1.165) is 48.1 Å². The number of benzene rings is 1. The maximum atomic E-state index is 12.4. The second kappa shape index (κ2) is 4.02. The number of anilines is 2. The normalized spacial score (nSPS) is 21.6. The molecule has 0 unspecified atom stereocenters. The van der Waals surface area contributed by atoms with Gasteiger partial charge < -0.3 is 10.6 Å². The highest BCUT2D eigenvalue weighted by molar-refractivity contribution is 9.10. The average molecular weight is 295 g/mol. The summed E-state index contributed by atoms with van der Waals surface area (Å²) in [6.45, 7) is 0.752. The summed E-state index contributed by atoms with van der Waals surface area (Å²) >= 11 is 3.49. The van der Waals surface area contributed by atoms with Gasteiger partial charge in [-0.25, -0.2) is 0 Å². The fourth-order valence-corrected chi connectivity index (χ4v) is 3.31. The first-order valence-electron chi connectivity index (χ1n) is 6.05. The molecule has 0 aromatic heterocycles. The number of halogens is 1. The quantitative estimate of drug-likeness (QED) is 0.770. The Hall–Kier alpha value is -1.03. The molecule has 1 aliphatic carbocycles. The fourth-order valence-electron chi connectivity index (χ4n) is 2.84. The summed E-state index contributed by atoms with van der Waals surface area (Å²) in [6, 6.07) is 5.94. The van der Waals surface area contributed by atoms with Crippen LogP contribution in [0.15, 0.2) is 22.7 Å². The van der Waals surface area contributed by atoms with E-state index >= 15 is 0 Å². The highest BCUT2D eigenvalue weighted by Crippen LogP contribution is 2.43. The van der Waals surface area contributed by atoms with Crippen molar-refractivity contribution >= 4 is 33.2 Å². The molecule has 2 N–H and O–H groups in total. The van der Waals surface area contributed by atoms with Crippen LogP contribution in [0.25, 0.3) is 0 Å². The summed E-state index contributed by atoms with van der Waals surface area (Å²) in [7, 11) is 0. The molecule has 4 heteroatoms. The van der Waals surface area contributed by atoms with Crippen molar-refractivity contribution in [2.24, 2.45) is 5.41 Å². The van der Waals surface area contributed by atoms with Crippen LogP contribution >= 0.6 is 15.9 Å². The number of carbonyl (C=O) groups is 1. The predicted octanol–water partition coefficient (Wildman–Crippen LogP) is 3.37. The van der Waals surface area contributed by atoms with E-state index in [0.29, 0.717) is 0 Å². The number of para-hydroxylation sites is 1. The molecule has 1 fully saturated rings. The molecule has 0 atom stereocenters. The molecule has 0 bridgehead atoms. The monoisotopic (exact) mass is 294 g/mol. The van der Waals surface area contributed by atoms with Crippen LogP contribution in [0.4, 0.5) is 11.4 Å². The third kappa shape index (κ3) is 1.75. The highest BCUT2D eigenvalue weighted by Gasteiger charge is 2.42. The molecule has 1 aliphatic heterocycles. The molecule has 2 aliphatic rings. The summed E-state index contributed by atoms with van der Waals surface area (Å²) in [6.07, 6.45) is 4.31. The van der Waals surface area contributed by atoms with Crippen LogP contribution in [0.2, 0.25) is 0 Å². The summed E-state index contributed by atoms with van der Waals surface area (Å²) < 4.78 is 0.936. The molecule has 1 saturated carbocycles. The van der Waals surface area contributed by atoms with Gasteiger partial charge in [-0.2, -0.15) is 0 Å². The number of carbonyl (C=O) groups excluding carboxylic acids is 1. The van der Waals surface area contributed by atoms with E-state index in [4.69, 9.17) is 0 Å². The zero-order valence-corrected chi connectivity index (χ0v) is 11.1. The molecular weight excluding hydrogens is 280 g/mol. The summed E-state index contributed by atoms with van der Waals surface area (Å²) in [5.41, 5.74) is 1.69.